The molecule has 0 bridgehead atoms. The molecule has 3 rings (SSSR count). The maximum atomic E-state index is 11.8. The van der Waals surface area contributed by atoms with Gasteiger partial charge in [0.05, 0.1) is 19.3 Å². The van der Waals surface area contributed by atoms with E-state index in [2.05, 4.69) is 27.9 Å². The van der Waals surface area contributed by atoms with Gasteiger partial charge in [-0.2, -0.15) is 5.10 Å². The molecular formula is C20H21ClN4O2. The van der Waals surface area contributed by atoms with E-state index in [1.54, 1.807) is 30.5 Å². The van der Waals surface area contributed by atoms with Crippen LogP contribution in [0.4, 0.5) is 4.79 Å². The Morgan fingerprint density at radius 1 is 1.04 bits per heavy atom. The Morgan fingerprint density at radius 3 is 2.59 bits per heavy atom. The maximum absolute atomic E-state index is 11.8. The smallest absolute Gasteiger partial charge is 0.315 e. The van der Waals surface area contributed by atoms with Crippen LogP contribution in [0.1, 0.15) is 11.1 Å². The molecular weight excluding hydrogens is 364 g/mol. The second-order valence-electron chi connectivity index (χ2n) is 5.94. The number of hydrogen-bond donors (Lipinski definition) is 2. The van der Waals surface area contributed by atoms with E-state index in [-0.39, 0.29) is 6.03 Å². The average Bonchev–Trinajstić information content (AvgIpc) is 3.13. The van der Waals surface area contributed by atoms with Crippen molar-refractivity contribution in [3.05, 3.63) is 83.1 Å². The van der Waals surface area contributed by atoms with Crippen LogP contribution in [-0.2, 0) is 13.1 Å². The van der Waals surface area contributed by atoms with Crippen LogP contribution in [0.15, 0.2) is 67.0 Å². The summed E-state index contributed by atoms with van der Waals surface area (Å²) >= 11 is 5.81. The van der Waals surface area contributed by atoms with Crippen molar-refractivity contribution in [3.63, 3.8) is 0 Å². The summed E-state index contributed by atoms with van der Waals surface area (Å²) in [7, 11) is 0. The van der Waals surface area contributed by atoms with Crippen LogP contribution in [0.25, 0.3) is 0 Å². The molecule has 0 saturated heterocycles. The first-order valence-electron chi connectivity index (χ1n) is 8.64. The number of halogens is 1. The van der Waals surface area contributed by atoms with E-state index in [1.165, 1.54) is 5.56 Å². The van der Waals surface area contributed by atoms with Crippen LogP contribution < -0.4 is 15.4 Å². The van der Waals surface area contributed by atoms with Crippen LogP contribution in [0, 0.1) is 0 Å². The quantitative estimate of drug-likeness (QED) is 0.584. The minimum absolute atomic E-state index is 0.245. The SMILES string of the molecule is O=C(NCCOc1ccc(Cl)cc1)NCc1cnn(Cc2ccccc2)c1. The number of hydrogen-bond acceptors (Lipinski definition) is 3. The van der Waals surface area contributed by atoms with Crippen LogP contribution in [-0.4, -0.2) is 29.0 Å². The maximum Gasteiger partial charge on any atom is 0.315 e. The fourth-order valence-electron chi connectivity index (χ4n) is 2.46. The molecule has 1 heterocycles. The molecule has 140 valence electrons. The molecule has 0 aliphatic carbocycles. The molecule has 0 fully saturated rings. The fraction of sp³-hybridized carbons (Fsp3) is 0.200. The van der Waals surface area contributed by atoms with Gasteiger partial charge >= 0.3 is 6.03 Å². The summed E-state index contributed by atoms with van der Waals surface area (Å²) in [5.74, 6) is 0.715. The Morgan fingerprint density at radius 2 is 1.81 bits per heavy atom. The number of carbonyl (C=O) groups is 1. The van der Waals surface area contributed by atoms with Gasteiger partial charge in [-0.15, -0.1) is 0 Å². The van der Waals surface area contributed by atoms with Crippen LogP contribution in [0.5, 0.6) is 5.75 Å². The highest BCUT2D eigenvalue weighted by Gasteiger charge is 2.03. The first-order valence-corrected chi connectivity index (χ1v) is 9.02. The van der Waals surface area contributed by atoms with Gasteiger partial charge in [0, 0.05) is 23.3 Å². The third kappa shape index (κ3) is 6.34. The molecule has 2 amide bonds. The van der Waals surface area contributed by atoms with E-state index in [0.717, 1.165) is 5.56 Å². The van der Waals surface area contributed by atoms with E-state index in [0.29, 0.717) is 37.0 Å². The van der Waals surface area contributed by atoms with E-state index < -0.39 is 0 Å². The molecule has 0 saturated carbocycles. The highest BCUT2D eigenvalue weighted by atomic mass is 35.5. The molecule has 0 aliphatic heterocycles. The molecule has 3 aromatic rings. The Kier molecular flexibility index (Phi) is 6.71. The topological polar surface area (TPSA) is 68.2 Å². The third-order valence-corrected chi connectivity index (χ3v) is 4.05. The lowest BCUT2D eigenvalue weighted by Gasteiger charge is -2.08. The summed E-state index contributed by atoms with van der Waals surface area (Å²) in [6.45, 7) is 1.90. The zero-order chi connectivity index (χ0) is 18.9. The van der Waals surface area contributed by atoms with Crippen molar-refractivity contribution in [2.45, 2.75) is 13.1 Å². The Hall–Kier alpha value is -2.99. The Bertz CT molecular complexity index is 850. The van der Waals surface area contributed by atoms with Crippen LogP contribution in [0.3, 0.4) is 0 Å². The highest BCUT2D eigenvalue weighted by molar-refractivity contribution is 6.30. The molecule has 27 heavy (non-hydrogen) atoms. The minimum atomic E-state index is -0.245. The first kappa shape index (κ1) is 18.8. The average molecular weight is 385 g/mol. The number of aromatic nitrogens is 2. The van der Waals surface area contributed by atoms with Crippen molar-refractivity contribution >= 4 is 17.6 Å². The van der Waals surface area contributed by atoms with E-state index >= 15 is 0 Å². The van der Waals surface area contributed by atoms with Crippen LogP contribution >= 0.6 is 11.6 Å². The van der Waals surface area contributed by atoms with Gasteiger partial charge in [0.1, 0.15) is 12.4 Å². The molecule has 0 unspecified atom stereocenters. The second kappa shape index (κ2) is 9.64. The molecule has 0 spiro atoms. The van der Waals surface area contributed by atoms with Crippen molar-refractivity contribution in [3.8, 4) is 5.75 Å². The Labute approximate surface area is 163 Å². The minimum Gasteiger partial charge on any atom is -0.492 e. The summed E-state index contributed by atoms with van der Waals surface area (Å²) in [5, 5.41) is 10.5. The van der Waals surface area contributed by atoms with E-state index in [9.17, 15) is 4.79 Å². The van der Waals surface area contributed by atoms with E-state index in [1.807, 2.05) is 29.1 Å². The number of rotatable bonds is 8. The number of amides is 2. The molecule has 0 atom stereocenters. The monoisotopic (exact) mass is 384 g/mol. The number of nitrogens with zero attached hydrogens (tertiary/aromatic N) is 2. The van der Waals surface area contributed by atoms with Gasteiger partial charge in [0.15, 0.2) is 0 Å². The molecule has 0 aliphatic rings. The van der Waals surface area contributed by atoms with Gasteiger partial charge in [-0.1, -0.05) is 41.9 Å². The first-order chi connectivity index (χ1) is 13.2. The zero-order valence-electron chi connectivity index (χ0n) is 14.8. The van der Waals surface area contributed by atoms with Gasteiger partial charge in [-0.05, 0) is 29.8 Å². The third-order valence-electron chi connectivity index (χ3n) is 3.80. The molecule has 2 aromatic carbocycles. The van der Waals surface area contributed by atoms with Crippen LogP contribution in [0.2, 0.25) is 5.02 Å². The number of benzene rings is 2. The lowest BCUT2D eigenvalue weighted by molar-refractivity contribution is 0.236. The highest BCUT2D eigenvalue weighted by Crippen LogP contribution is 2.15. The summed E-state index contributed by atoms with van der Waals surface area (Å²) < 4.78 is 7.37. The van der Waals surface area contributed by atoms with Gasteiger partial charge in [0.25, 0.3) is 0 Å². The van der Waals surface area contributed by atoms with Gasteiger partial charge in [-0.3, -0.25) is 4.68 Å². The van der Waals surface area contributed by atoms with Gasteiger partial charge < -0.3 is 15.4 Å². The number of ether oxygens (including phenoxy) is 1. The van der Waals surface area contributed by atoms with Gasteiger partial charge in [0.2, 0.25) is 0 Å². The molecule has 7 heteroatoms. The molecule has 1 aromatic heterocycles. The molecule has 2 N–H and O–H groups in total. The zero-order valence-corrected chi connectivity index (χ0v) is 15.5. The lowest BCUT2D eigenvalue weighted by atomic mass is 10.2. The summed E-state index contributed by atoms with van der Waals surface area (Å²) in [6, 6.07) is 16.9. The second-order valence-corrected chi connectivity index (χ2v) is 6.38. The largest absolute Gasteiger partial charge is 0.492 e. The molecule has 6 nitrogen and oxygen atoms in total. The standard InChI is InChI=1S/C20H21ClN4O2/c21-18-6-8-19(9-7-18)27-11-10-22-20(26)23-12-17-13-24-25(15-17)14-16-4-2-1-3-5-16/h1-9,13,15H,10-12,14H2,(H2,22,23,26). The van der Waals surface area contributed by atoms with Crippen molar-refractivity contribution in [2.24, 2.45) is 0 Å². The Balaban J connectivity index is 1.34. The van der Waals surface area contributed by atoms with Crippen molar-refractivity contribution < 1.29 is 9.53 Å². The van der Waals surface area contributed by atoms with Crippen molar-refractivity contribution in [1.29, 1.82) is 0 Å². The predicted molar refractivity (Wildman–Crippen MR) is 105 cm³/mol. The van der Waals surface area contributed by atoms with E-state index in [4.69, 9.17) is 16.3 Å². The fourth-order valence-corrected chi connectivity index (χ4v) is 2.59. The predicted octanol–water partition coefficient (Wildman–Crippen LogP) is 3.46. The summed E-state index contributed by atoms with van der Waals surface area (Å²) in [5.41, 5.74) is 2.12. The normalized spacial score (nSPS) is 10.4. The molecule has 0 radical (unpaired) electrons. The van der Waals surface area contributed by atoms with Crippen molar-refractivity contribution in [2.75, 3.05) is 13.2 Å². The number of urea groups is 1. The summed E-state index contributed by atoms with van der Waals surface area (Å²) in [6.07, 6.45) is 3.68. The number of nitrogens with one attached hydrogen (secondary N) is 2. The summed E-state index contributed by atoms with van der Waals surface area (Å²) in [4.78, 5) is 11.8. The van der Waals surface area contributed by atoms with Gasteiger partial charge in [-0.25, -0.2) is 4.79 Å². The van der Waals surface area contributed by atoms with Crippen molar-refractivity contribution in [1.82, 2.24) is 20.4 Å². The number of carbonyl (C=O) groups excluding carboxylic acids is 1. The lowest BCUT2D eigenvalue weighted by Crippen LogP contribution is -2.37.